The highest BCUT2D eigenvalue weighted by Gasteiger charge is 2.45. The number of fused-ring (bicyclic) bond motifs is 3. The van der Waals surface area contributed by atoms with Gasteiger partial charge in [-0.3, -0.25) is 0 Å². The summed E-state index contributed by atoms with van der Waals surface area (Å²) < 4.78 is 6.49. The van der Waals surface area contributed by atoms with Crippen LogP contribution >= 0.6 is 0 Å². The zero-order chi connectivity index (χ0) is 31.9. The molecule has 1 aliphatic heterocycles. The Kier molecular flexibility index (Phi) is 6.69. The Balaban J connectivity index is 1.23. The summed E-state index contributed by atoms with van der Waals surface area (Å²) in [5, 5.41) is 2.36. The minimum Gasteiger partial charge on any atom is -0.457 e. The van der Waals surface area contributed by atoms with E-state index in [-0.39, 0.29) is 0 Å². The molecule has 0 saturated heterocycles. The molecule has 9 rings (SSSR count). The number of hydrogen-bond acceptors (Lipinski definition) is 3. The molecule has 7 aromatic carbocycles. The van der Waals surface area contributed by atoms with Gasteiger partial charge in [-0.1, -0.05) is 158 Å². The lowest BCUT2D eigenvalue weighted by Gasteiger charge is -2.41. The van der Waals surface area contributed by atoms with E-state index >= 15 is 0 Å². The monoisotopic (exact) mass is 614 g/mol. The molecule has 0 saturated carbocycles. The highest BCUT2D eigenvalue weighted by Crippen LogP contribution is 2.55. The van der Waals surface area contributed by atoms with Gasteiger partial charge in [0, 0.05) is 27.8 Å². The van der Waals surface area contributed by atoms with Crippen LogP contribution in [0.15, 0.2) is 182 Å². The van der Waals surface area contributed by atoms with Crippen LogP contribution < -0.4 is 4.74 Å². The molecule has 0 amide bonds. The van der Waals surface area contributed by atoms with Crippen LogP contribution in [0.1, 0.15) is 22.3 Å². The van der Waals surface area contributed by atoms with Crippen LogP contribution in [0.2, 0.25) is 0 Å². The molecule has 3 nitrogen and oxygen atoms in total. The molecule has 3 heteroatoms. The van der Waals surface area contributed by atoms with Crippen molar-refractivity contribution in [3.8, 4) is 45.4 Å². The van der Waals surface area contributed by atoms with Crippen molar-refractivity contribution in [3.63, 3.8) is 0 Å². The molecule has 0 N–H and O–H groups in total. The predicted octanol–water partition coefficient (Wildman–Crippen LogP) is 11.1. The summed E-state index contributed by atoms with van der Waals surface area (Å²) in [6, 6.07) is 63.7. The van der Waals surface area contributed by atoms with E-state index in [1.807, 2.05) is 30.3 Å². The first-order chi connectivity index (χ1) is 23.8. The minimum absolute atomic E-state index is 0.567. The average Bonchev–Trinajstić information content (AvgIpc) is 3.17. The second-order valence-electron chi connectivity index (χ2n) is 12.2. The third-order valence-electron chi connectivity index (χ3n) is 9.43. The van der Waals surface area contributed by atoms with Crippen molar-refractivity contribution >= 4 is 10.8 Å². The van der Waals surface area contributed by atoms with Crippen LogP contribution in [0.5, 0.6) is 11.5 Å². The maximum absolute atomic E-state index is 6.49. The molecule has 0 bridgehead atoms. The van der Waals surface area contributed by atoms with Crippen LogP contribution in [0, 0.1) is 0 Å². The first kappa shape index (κ1) is 27.9. The number of benzene rings is 7. The van der Waals surface area contributed by atoms with Gasteiger partial charge in [0.2, 0.25) is 0 Å². The average molecular weight is 615 g/mol. The molecule has 0 unspecified atom stereocenters. The highest BCUT2D eigenvalue weighted by molar-refractivity contribution is 5.87. The van der Waals surface area contributed by atoms with Crippen molar-refractivity contribution in [1.82, 2.24) is 9.97 Å². The highest BCUT2D eigenvalue weighted by atomic mass is 16.5. The molecule has 1 aromatic heterocycles. The number of aromatic nitrogens is 2. The Morgan fingerprint density at radius 3 is 1.54 bits per heavy atom. The lowest BCUT2D eigenvalue weighted by molar-refractivity contribution is 0.434. The summed E-state index contributed by atoms with van der Waals surface area (Å²) in [5.74, 6) is 2.44. The smallest absolute Gasteiger partial charge is 0.160 e. The third-order valence-corrected chi connectivity index (χ3v) is 9.43. The zero-order valence-electron chi connectivity index (χ0n) is 26.1. The number of ether oxygens (including phenoxy) is 1. The van der Waals surface area contributed by atoms with Gasteiger partial charge < -0.3 is 4.74 Å². The molecule has 48 heavy (non-hydrogen) atoms. The van der Waals surface area contributed by atoms with Gasteiger partial charge in [-0.05, 0) is 46.2 Å². The van der Waals surface area contributed by atoms with Crippen LogP contribution in [-0.4, -0.2) is 9.97 Å². The quantitative estimate of drug-likeness (QED) is 0.193. The molecule has 0 radical (unpaired) electrons. The van der Waals surface area contributed by atoms with Crippen molar-refractivity contribution in [3.05, 3.63) is 204 Å². The molecule has 2 heterocycles. The van der Waals surface area contributed by atoms with Gasteiger partial charge in [0.25, 0.3) is 0 Å². The fourth-order valence-electron chi connectivity index (χ4n) is 7.17. The second kappa shape index (κ2) is 11.5. The molecule has 0 fully saturated rings. The van der Waals surface area contributed by atoms with E-state index in [1.54, 1.807) is 0 Å². The summed E-state index contributed by atoms with van der Waals surface area (Å²) in [6.45, 7) is 0. The Hall–Kier alpha value is -6.32. The summed E-state index contributed by atoms with van der Waals surface area (Å²) in [5.41, 5.74) is 8.85. The van der Waals surface area contributed by atoms with E-state index in [9.17, 15) is 0 Å². The predicted molar refractivity (Wildman–Crippen MR) is 194 cm³/mol. The molecular formula is C45H30N2O. The van der Waals surface area contributed by atoms with Crippen LogP contribution in [0.3, 0.4) is 0 Å². The first-order valence-corrected chi connectivity index (χ1v) is 16.2. The van der Waals surface area contributed by atoms with E-state index < -0.39 is 5.41 Å². The fraction of sp³-hybridized carbons (Fsp3) is 0.0222. The second-order valence-corrected chi connectivity index (χ2v) is 12.2. The number of nitrogens with zero attached hydrogens (tertiary/aromatic N) is 2. The van der Waals surface area contributed by atoms with Gasteiger partial charge in [0.15, 0.2) is 5.82 Å². The van der Waals surface area contributed by atoms with E-state index in [4.69, 9.17) is 14.7 Å². The molecule has 0 aliphatic carbocycles. The van der Waals surface area contributed by atoms with Crippen molar-refractivity contribution < 1.29 is 4.74 Å². The van der Waals surface area contributed by atoms with Crippen LogP contribution in [-0.2, 0) is 5.41 Å². The summed E-state index contributed by atoms with van der Waals surface area (Å²) in [4.78, 5) is 10.2. The molecule has 8 aromatic rings. The van der Waals surface area contributed by atoms with E-state index in [2.05, 4.69) is 152 Å². The topological polar surface area (TPSA) is 35.0 Å². The number of para-hydroxylation sites is 2. The van der Waals surface area contributed by atoms with Gasteiger partial charge in [-0.25, -0.2) is 9.97 Å². The Morgan fingerprint density at radius 1 is 0.375 bits per heavy atom. The largest absolute Gasteiger partial charge is 0.457 e. The Bertz CT molecular complexity index is 2370. The maximum atomic E-state index is 6.49. The molecule has 0 spiro atoms. The first-order valence-electron chi connectivity index (χ1n) is 16.2. The lowest BCUT2D eigenvalue weighted by atomic mass is 9.63. The number of hydrogen-bond donors (Lipinski definition) is 0. The van der Waals surface area contributed by atoms with Gasteiger partial charge in [0.1, 0.15) is 11.5 Å². The van der Waals surface area contributed by atoms with Gasteiger partial charge in [-0.2, -0.15) is 0 Å². The molecule has 0 atom stereocenters. The van der Waals surface area contributed by atoms with Gasteiger partial charge in [-0.15, -0.1) is 0 Å². The zero-order valence-corrected chi connectivity index (χ0v) is 26.1. The van der Waals surface area contributed by atoms with Crippen molar-refractivity contribution in [2.24, 2.45) is 0 Å². The van der Waals surface area contributed by atoms with Gasteiger partial charge in [0.05, 0.1) is 16.8 Å². The lowest BCUT2D eigenvalue weighted by Crippen LogP contribution is -2.34. The summed E-state index contributed by atoms with van der Waals surface area (Å²) in [6.07, 6.45) is 0. The van der Waals surface area contributed by atoms with Crippen molar-refractivity contribution in [2.45, 2.75) is 5.41 Å². The third kappa shape index (κ3) is 4.59. The fourth-order valence-corrected chi connectivity index (χ4v) is 7.17. The molecular weight excluding hydrogens is 585 g/mol. The van der Waals surface area contributed by atoms with Crippen LogP contribution in [0.4, 0.5) is 0 Å². The van der Waals surface area contributed by atoms with E-state index in [0.29, 0.717) is 5.82 Å². The number of rotatable bonds is 5. The summed E-state index contributed by atoms with van der Waals surface area (Å²) >= 11 is 0. The van der Waals surface area contributed by atoms with E-state index in [1.165, 1.54) is 10.9 Å². The molecule has 1 aliphatic rings. The summed E-state index contributed by atoms with van der Waals surface area (Å²) in [7, 11) is 0. The van der Waals surface area contributed by atoms with Crippen molar-refractivity contribution in [2.75, 3.05) is 0 Å². The minimum atomic E-state index is -0.567. The Morgan fingerprint density at radius 2 is 0.875 bits per heavy atom. The Labute approximate surface area is 279 Å². The van der Waals surface area contributed by atoms with Crippen molar-refractivity contribution in [1.29, 1.82) is 0 Å². The standard InChI is InChI=1S/C45H30N2O/c1-3-14-32(15-4-1)40-30-41(47-44(46-40)35-24-23-31-13-7-8-16-34(31)29-35)33-25-27-37(28-26-33)45(36-17-5-2-6-18-36)38-19-9-11-21-42(38)48-43-22-12-10-20-39(43)45/h1-30H. The van der Waals surface area contributed by atoms with Gasteiger partial charge >= 0.3 is 0 Å². The SMILES string of the molecule is c1ccc(-c2cc(-c3ccc(C4(c5ccccc5)c5ccccc5Oc5ccccc54)cc3)nc(-c3ccc4ccccc4c3)n2)cc1. The molecule has 226 valence electrons. The van der Waals surface area contributed by atoms with E-state index in [0.717, 1.165) is 61.7 Å². The maximum Gasteiger partial charge on any atom is 0.160 e. The van der Waals surface area contributed by atoms with Crippen LogP contribution in [0.25, 0.3) is 44.7 Å². The normalized spacial score (nSPS) is 12.9.